The van der Waals surface area contributed by atoms with E-state index in [2.05, 4.69) is 20.8 Å². The lowest BCUT2D eigenvalue weighted by Gasteiger charge is -2.27. The van der Waals surface area contributed by atoms with Crippen molar-refractivity contribution in [1.29, 1.82) is 0 Å². The Kier molecular flexibility index (Phi) is 1.97. The van der Waals surface area contributed by atoms with Gasteiger partial charge in [0.25, 0.3) is 5.91 Å². The van der Waals surface area contributed by atoms with Crippen LogP contribution in [0.25, 0.3) is 0 Å². The highest BCUT2D eigenvalue weighted by molar-refractivity contribution is 5.92. The first kappa shape index (κ1) is 8.18. The van der Waals surface area contributed by atoms with E-state index in [1.165, 1.54) is 11.0 Å². The van der Waals surface area contributed by atoms with Crippen LogP contribution in [0.15, 0.2) is 6.20 Å². The Hall–Kier alpha value is -1.43. The van der Waals surface area contributed by atoms with Crippen LogP contribution in [0.3, 0.4) is 0 Å². The van der Waals surface area contributed by atoms with Crippen LogP contribution in [0.1, 0.15) is 10.5 Å². The summed E-state index contributed by atoms with van der Waals surface area (Å²) in [5.41, 5.74) is 0.370. The van der Waals surface area contributed by atoms with Crippen LogP contribution in [-0.2, 0) is 7.05 Å². The summed E-state index contributed by atoms with van der Waals surface area (Å²) in [4.78, 5) is 12.8. The van der Waals surface area contributed by atoms with Crippen LogP contribution in [0.2, 0.25) is 0 Å². The van der Waals surface area contributed by atoms with Crippen molar-refractivity contribution in [2.75, 3.05) is 13.1 Å². The lowest BCUT2D eigenvalue weighted by Crippen LogP contribution is -2.57. The first-order valence-corrected chi connectivity index (χ1v) is 4.13. The number of nitrogens with zero attached hydrogens (tertiary/aromatic N) is 3. The van der Waals surface area contributed by atoms with Crippen molar-refractivity contribution in [2.24, 2.45) is 7.05 Å². The number of rotatable bonds is 2. The van der Waals surface area contributed by atoms with Gasteiger partial charge in [0.15, 0.2) is 5.69 Å². The molecule has 1 amide bonds. The van der Waals surface area contributed by atoms with Crippen LogP contribution in [-0.4, -0.2) is 40.0 Å². The summed E-state index contributed by atoms with van der Waals surface area (Å²) in [7, 11) is 1.68. The maximum Gasteiger partial charge on any atom is 0.273 e. The van der Waals surface area contributed by atoms with Gasteiger partial charge >= 0.3 is 0 Å². The Morgan fingerprint density at radius 1 is 1.77 bits per heavy atom. The highest BCUT2D eigenvalue weighted by atomic mass is 16.2. The Morgan fingerprint density at radius 3 is 3.00 bits per heavy atom. The predicted octanol–water partition coefficient (Wildman–Crippen LogP) is -1.48. The van der Waals surface area contributed by atoms with Crippen LogP contribution in [0.5, 0.6) is 0 Å². The van der Waals surface area contributed by atoms with E-state index in [1.54, 1.807) is 7.05 Å². The van der Waals surface area contributed by atoms with Crippen molar-refractivity contribution in [1.82, 2.24) is 25.6 Å². The van der Waals surface area contributed by atoms with E-state index in [0.29, 0.717) is 5.69 Å². The Balaban J connectivity index is 1.96. The van der Waals surface area contributed by atoms with E-state index in [-0.39, 0.29) is 11.9 Å². The van der Waals surface area contributed by atoms with Crippen LogP contribution < -0.4 is 10.6 Å². The molecule has 0 bridgehead atoms. The highest BCUT2D eigenvalue weighted by Crippen LogP contribution is 1.95. The van der Waals surface area contributed by atoms with E-state index in [4.69, 9.17) is 0 Å². The van der Waals surface area contributed by atoms with Crippen molar-refractivity contribution in [3.8, 4) is 0 Å². The number of amides is 1. The van der Waals surface area contributed by atoms with E-state index < -0.39 is 0 Å². The molecule has 0 radical (unpaired) electrons. The Morgan fingerprint density at radius 2 is 2.54 bits per heavy atom. The zero-order chi connectivity index (χ0) is 9.26. The highest BCUT2D eigenvalue weighted by Gasteiger charge is 2.20. The smallest absolute Gasteiger partial charge is 0.273 e. The van der Waals surface area contributed by atoms with E-state index in [1.807, 2.05) is 0 Å². The van der Waals surface area contributed by atoms with Crippen LogP contribution in [0.4, 0.5) is 0 Å². The minimum atomic E-state index is -0.153. The number of carbonyl (C=O) groups excluding carboxylic acids is 1. The monoisotopic (exact) mass is 181 g/mol. The Labute approximate surface area is 75.3 Å². The summed E-state index contributed by atoms with van der Waals surface area (Å²) in [5.74, 6) is -0.153. The number of aromatic nitrogens is 3. The maximum atomic E-state index is 11.4. The molecule has 2 N–H and O–H groups in total. The number of nitrogens with one attached hydrogen (secondary N) is 2. The third kappa shape index (κ3) is 1.67. The molecular formula is C7H11N5O. The molecule has 2 rings (SSSR count). The van der Waals surface area contributed by atoms with E-state index in [0.717, 1.165) is 13.1 Å². The van der Waals surface area contributed by atoms with Crippen molar-refractivity contribution < 1.29 is 4.79 Å². The van der Waals surface area contributed by atoms with Crippen LogP contribution >= 0.6 is 0 Å². The standard InChI is InChI=1S/C7H11N5O/c1-12-9-4-6(11-12)7(13)10-5-2-8-3-5/h4-5,8H,2-3H2,1H3,(H,10,13). The van der Waals surface area contributed by atoms with Crippen molar-refractivity contribution in [3.05, 3.63) is 11.9 Å². The van der Waals surface area contributed by atoms with Crippen molar-refractivity contribution >= 4 is 5.91 Å². The number of aryl methyl sites for hydroxylation is 1. The Bertz CT molecular complexity index is 316. The summed E-state index contributed by atoms with van der Waals surface area (Å²) in [5, 5.41) is 13.6. The molecule has 0 atom stereocenters. The number of hydrogen-bond donors (Lipinski definition) is 2. The molecule has 0 aromatic carbocycles. The summed E-state index contributed by atoms with van der Waals surface area (Å²) in [6.07, 6.45) is 1.46. The van der Waals surface area contributed by atoms with Gasteiger partial charge < -0.3 is 10.6 Å². The molecule has 2 heterocycles. The largest absolute Gasteiger partial charge is 0.345 e. The molecule has 1 saturated heterocycles. The summed E-state index contributed by atoms with van der Waals surface area (Å²) in [6.45, 7) is 1.68. The first-order valence-electron chi connectivity index (χ1n) is 4.13. The average Bonchev–Trinajstić information content (AvgIpc) is 2.44. The third-order valence-electron chi connectivity index (χ3n) is 1.95. The molecule has 1 fully saturated rings. The topological polar surface area (TPSA) is 71.8 Å². The zero-order valence-corrected chi connectivity index (χ0v) is 7.32. The second-order valence-corrected chi connectivity index (χ2v) is 3.05. The minimum Gasteiger partial charge on any atom is -0.345 e. The molecule has 0 aliphatic carbocycles. The fourth-order valence-electron chi connectivity index (χ4n) is 1.10. The molecule has 70 valence electrons. The lowest BCUT2D eigenvalue weighted by atomic mass is 10.2. The van der Waals surface area contributed by atoms with Gasteiger partial charge in [-0.15, -0.1) is 5.10 Å². The summed E-state index contributed by atoms with van der Waals surface area (Å²) < 4.78 is 0. The second kappa shape index (κ2) is 3.14. The molecule has 1 aliphatic heterocycles. The van der Waals surface area contributed by atoms with Gasteiger partial charge in [-0.25, -0.2) is 0 Å². The first-order chi connectivity index (χ1) is 6.25. The van der Waals surface area contributed by atoms with Gasteiger partial charge in [0.05, 0.1) is 12.2 Å². The van der Waals surface area contributed by atoms with Gasteiger partial charge in [0.2, 0.25) is 0 Å². The van der Waals surface area contributed by atoms with Crippen molar-refractivity contribution in [3.63, 3.8) is 0 Å². The molecule has 1 aliphatic rings. The zero-order valence-electron chi connectivity index (χ0n) is 7.32. The molecule has 0 spiro atoms. The molecular weight excluding hydrogens is 170 g/mol. The third-order valence-corrected chi connectivity index (χ3v) is 1.95. The molecule has 0 unspecified atom stereocenters. The number of hydrogen-bond acceptors (Lipinski definition) is 4. The average molecular weight is 181 g/mol. The lowest BCUT2D eigenvalue weighted by molar-refractivity contribution is 0.0918. The van der Waals surface area contributed by atoms with Crippen molar-refractivity contribution in [2.45, 2.75) is 6.04 Å². The molecule has 0 saturated carbocycles. The SMILES string of the molecule is Cn1ncc(C(=O)NC2CNC2)n1. The molecule has 6 nitrogen and oxygen atoms in total. The van der Waals surface area contributed by atoms with Gasteiger partial charge in [-0.1, -0.05) is 0 Å². The van der Waals surface area contributed by atoms with Gasteiger partial charge in [0, 0.05) is 20.1 Å². The fourth-order valence-corrected chi connectivity index (χ4v) is 1.10. The summed E-state index contributed by atoms with van der Waals surface area (Å²) >= 11 is 0. The van der Waals surface area contributed by atoms with Gasteiger partial charge in [-0.3, -0.25) is 4.79 Å². The maximum absolute atomic E-state index is 11.4. The van der Waals surface area contributed by atoms with Gasteiger partial charge in [0.1, 0.15) is 0 Å². The van der Waals surface area contributed by atoms with Gasteiger partial charge in [-0.2, -0.15) is 9.90 Å². The van der Waals surface area contributed by atoms with Gasteiger partial charge in [-0.05, 0) is 0 Å². The molecule has 1 aromatic heterocycles. The second-order valence-electron chi connectivity index (χ2n) is 3.05. The number of carbonyl (C=O) groups is 1. The quantitative estimate of drug-likeness (QED) is 0.583. The predicted molar refractivity (Wildman–Crippen MR) is 45.1 cm³/mol. The minimum absolute atomic E-state index is 0.153. The molecule has 1 aromatic rings. The van der Waals surface area contributed by atoms with E-state index in [9.17, 15) is 4.79 Å². The summed E-state index contributed by atoms with van der Waals surface area (Å²) in [6, 6.07) is 0.245. The van der Waals surface area contributed by atoms with E-state index >= 15 is 0 Å². The normalized spacial score (nSPS) is 16.7. The molecule has 6 heteroatoms. The van der Waals surface area contributed by atoms with Crippen LogP contribution in [0, 0.1) is 0 Å². The molecule has 13 heavy (non-hydrogen) atoms. The fraction of sp³-hybridized carbons (Fsp3) is 0.571.